The lowest BCUT2D eigenvalue weighted by Crippen LogP contribution is -2.47. The Morgan fingerprint density at radius 3 is 2.46 bits per heavy atom. The number of aromatic amines is 1. The minimum absolute atomic E-state index is 0.0912. The fourth-order valence-corrected chi connectivity index (χ4v) is 5.36. The van der Waals surface area contributed by atoms with Gasteiger partial charge in [0.15, 0.2) is 0 Å². The van der Waals surface area contributed by atoms with Crippen LogP contribution in [0, 0.1) is 5.92 Å². The van der Waals surface area contributed by atoms with Crippen molar-refractivity contribution in [3.63, 3.8) is 0 Å². The molecule has 1 aliphatic carbocycles. The van der Waals surface area contributed by atoms with Gasteiger partial charge in [0, 0.05) is 33.6 Å². The molecule has 2 amide bonds. The number of carboxylic acid groups (broad SMARTS) is 1. The third-order valence-electron chi connectivity index (χ3n) is 7.00. The molecule has 1 aromatic heterocycles. The number of hydrogen-bond donors (Lipinski definition) is 3. The number of nitrogens with one attached hydrogen (secondary N) is 2. The van der Waals surface area contributed by atoms with Crippen molar-refractivity contribution in [2.45, 2.75) is 71.0 Å². The summed E-state index contributed by atoms with van der Waals surface area (Å²) in [5.74, 6) is -0.386. The SMILES string of the molecule is CC(C)(C)NC(=O)C(c1c(C(=O)O)[nH]c2cc(Cl)ccc12)N(C=O)Cc1ccc(OCC2CCCCC2)cc1. The summed E-state index contributed by atoms with van der Waals surface area (Å²) >= 11 is 6.14. The number of rotatable bonds is 10. The van der Waals surface area contributed by atoms with Crippen molar-refractivity contribution in [1.82, 2.24) is 15.2 Å². The number of hydrogen-bond acceptors (Lipinski definition) is 4. The molecule has 208 valence electrons. The highest BCUT2D eigenvalue weighted by Gasteiger charge is 2.35. The van der Waals surface area contributed by atoms with Gasteiger partial charge in [-0.15, -0.1) is 0 Å². The highest BCUT2D eigenvalue weighted by molar-refractivity contribution is 6.31. The van der Waals surface area contributed by atoms with Crippen LogP contribution >= 0.6 is 11.6 Å². The minimum Gasteiger partial charge on any atom is -0.493 e. The molecule has 1 saturated carbocycles. The van der Waals surface area contributed by atoms with Crippen LogP contribution in [0.1, 0.15) is 80.5 Å². The Labute approximate surface area is 233 Å². The van der Waals surface area contributed by atoms with Gasteiger partial charge in [0.2, 0.25) is 12.3 Å². The number of nitrogens with zero attached hydrogens (tertiary/aromatic N) is 1. The van der Waals surface area contributed by atoms with Crippen LogP contribution in [0.3, 0.4) is 0 Å². The molecule has 1 aliphatic rings. The maximum absolute atomic E-state index is 13.7. The van der Waals surface area contributed by atoms with E-state index < -0.39 is 23.5 Å². The van der Waals surface area contributed by atoms with Gasteiger partial charge >= 0.3 is 5.97 Å². The van der Waals surface area contributed by atoms with E-state index in [9.17, 15) is 19.5 Å². The second kappa shape index (κ2) is 12.1. The van der Waals surface area contributed by atoms with Crippen LogP contribution in [0.15, 0.2) is 42.5 Å². The molecule has 0 aliphatic heterocycles. The van der Waals surface area contributed by atoms with E-state index in [1.54, 1.807) is 18.2 Å². The highest BCUT2D eigenvalue weighted by atomic mass is 35.5. The molecule has 8 nitrogen and oxygen atoms in total. The number of amides is 2. The summed E-state index contributed by atoms with van der Waals surface area (Å²) in [6, 6.07) is 11.1. The first kappa shape index (κ1) is 28.5. The van der Waals surface area contributed by atoms with Crippen LogP contribution in [-0.2, 0) is 16.1 Å². The second-order valence-electron chi connectivity index (χ2n) is 11.3. The first-order chi connectivity index (χ1) is 18.6. The van der Waals surface area contributed by atoms with E-state index in [0.29, 0.717) is 34.9 Å². The van der Waals surface area contributed by atoms with Crippen LogP contribution < -0.4 is 10.1 Å². The molecule has 4 rings (SSSR count). The first-order valence-electron chi connectivity index (χ1n) is 13.3. The Morgan fingerprint density at radius 2 is 1.85 bits per heavy atom. The van der Waals surface area contributed by atoms with Crippen LogP contribution in [0.25, 0.3) is 10.9 Å². The highest BCUT2D eigenvalue weighted by Crippen LogP contribution is 2.34. The molecule has 0 spiro atoms. The Hall–Kier alpha value is -3.52. The number of fused-ring (bicyclic) bond motifs is 1. The first-order valence-corrected chi connectivity index (χ1v) is 13.7. The molecule has 1 heterocycles. The van der Waals surface area contributed by atoms with Gasteiger partial charge in [0.1, 0.15) is 17.5 Å². The van der Waals surface area contributed by atoms with Crippen molar-refractivity contribution >= 4 is 40.8 Å². The van der Waals surface area contributed by atoms with Crippen LogP contribution in [-0.4, -0.2) is 45.4 Å². The number of halogens is 1. The molecule has 0 saturated heterocycles. The number of benzene rings is 2. The van der Waals surface area contributed by atoms with Crippen molar-refractivity contribution in [2.24, 2.45) is 5.92 Å². The zero-order chi connectivity index (χ0) is 28.2. The largest absolute Gasteiger partial charge is 0.493 e. The monoisotopic (exact) mass is 553 g/mol. The van der Waals surface area contributed by atoms with Crippen molar-refractivity contribution in [3.8, 4) is 5.75 Å². The maximum atomic E-state index is 13.7. The van der Waals surface area contributed by atoms with E-state index in [1.165, 1.54) is 37.0 Å². The minimum atomic E-state index is -1.24. The Kier molecular flexibility index (Phi) is 8.85. The number of aromatic carboxylic acids is 1. The quantitative estimate of drug-likeness (QED) is 0.263. The van der Waals surface area contributed by atoms with Crippen molar-refractivity contribution in [2.75, 3.05) is 6.61 Å². The Bertz CT molecular complexity index is 1320. The van der Waals surface area contributed by atoms with Crippen molar-refractivity contribution in [3.05, 3.63) is 64.3 Å². The summed E-state index contributed by atoms with van der Waals surface area (Å²) in [6.07, 6.45) is 6.79. The summed E-state index contributed by atoms with van der Waals surface area (Å²) in [5, 5.41) is 13.8. The zero-order valence-electron chi connectivity index (χ0n) is 22.6. The van der Waals surface area contributed by atoms with Crippen LogP contribution in [0.2, 0.25) is 5.02 Å². The molecule has 9 heteroatoms. The predicted octanol–water partition coefficient (Wildman–Crippen LogP) is 6.09. The summed E-state index contributed by atoms with van der Waals surface area (Å²) in [7, 11) is 0. The molecule has 0 bridgehead atoms. The summed E-state index contributed by atoms with van der Waals surface area (Å²) in [6.45, 7) is 6.26. The Morgan fingerprint density at radius 1 is 1.15 bits per heavy atom. The predicted molar refractivity (Wildman–Crippen MR) is 151 cm³/mol. The van der Waals surface area contributed by atoms with E-state index >= 15 is 0 Å². The number of carbonyl (C=O) groups is 3. The Balaban J connectivity index is 1.64. The van der Waals surface area contributed by atoms with Gasteiger partial charge in [-0.05, 0) is 69.4 Å². The van der Waals surface area contributed by atoms with Crippen molar-refractivity contribution in [1.29, 1.82) is 0 Å². The standard InChI is InChI=1S/C30H36ClN3O5/c1-30(2,3)33-28(36)27(25-23-14-11-21(31)15-24(23)32-26(25)29(37)38)34(18-35)16-19-9-12-22(13-10-19)39-17-20-7-5-4-6-8-20/h9-15,18,20,27,32H,4-8,16-17H2,1-3H3,(H,33,36)(H,37,38). The molecule has 39 heavy (non-hydrogen) atoms. The fourth-order valence-electron chi connectivity index (χ4n) is 5.19. The zero-order valence-corrected chi connectivity index (χ0v) is 23.4. The number of carbonyl (C=O) groups excluding carboxylic acids is 2. The van der Waals surface area contributed by atoms with Gasteiger partial charge in [-0.3, -0.25) is 9.59 Å². The lowest BCUT2D eigenvalue weighted by molar-refractivity contribution is -0.134. The van der Waals surface area contributed by atoms with E-state index in [2.05, 4.69) is 10.3 Å². The van der Waals surface area contributed by atoms with Crippen molar-refractivity contribution < 1.29 is 24.2 Å². The lowest BCUT2D eigenvalue weighted by Gasteiger charge is -2.31. The van der Waals surface area contributed by atoms with E-state index in [-0.39, 0.29) is 17.8 Å². The molecule has 3 N–H and O–H groups in total. The summed E-state index contributed by atoms with van der Waals surface area (Å²) in [4.78, 5) is 42.6. The van der Waals surface area contributed by atoms with Crippen LogP contribution in [0.5, 0.6) is 5.75 Å². The topological polar surface area (TPSA) is 112 Å². The van der Waals surface area contributed by atoms with Gasteiger partial charge in [0.25, 0.3) is 0 Å². The number of H-pyrrole nitrogens is 1. The molecule has 1 atom stereocenters. The second-order valence-corrected chi connectivity index (χ2v) is 11.7. The molecule has 1 fully saturated rings. The van der Waals surface area contributed by atoms with E-state index in [4.69, 9.17) is 16.3 Å². The third kappa shape index (κ3) is 7.12. The molecular formula is C30H36ClN3O5. The number of carboxylic acids is 1. The molecule has 2 aromatic carbocycles. The van der Waals surface area contributed by atoms with Crippen LogP contribution in [0.4, 0.5) is 0 Å². The number of aromatic nitrogens is 1. The van der Waals surface area contributed by atoms with E-state index in [1.807, 2.05) is 45.0 Å². The van der Waals surface area contributed by atoms with Gasteiger partial charge in [-0.1, -0.05) is 49.1 Å². The average molecular weight is 554 g/mol. The average Bonchev–Trinajstić information content (AvgIpc) is 3.26. The molecule has 3 aromatic rings. The number of ether oxygens (including phenoxy) is 1. The van der Waals surface area contributed by atoms with Gasteiger partial charge in [0.05, 0.1) is 6.61 Å². The van der Waals surface area contributed by atoms with Gasteiger partial charge in [-0.2, -0.15) is 0 Å². The maximum Gasteiger partial charge on any atom is 0.352 e. The fraction of sp³-hybridized carbons (Fsp3) is 0.433. The third-order valence-corrected chi connectivity index (χ3v) is 7.24. The lowest BCUT2D eigenvalue weighted by atomic mass is 9.90. The van der Waals surface area contributed by atoms with E-state index in [0.717, 1.165) is 11.3 Å². The molecule has 0 radical (unpaired) electrons. The molecule has 1 unspecified atom stereocenters. The normalized spacial score (nSPS) is 15.1. The smallest absolute Gasteiger partial charge is 0.352 e. The van der Waals surface area contributed by atoms with Gasteiger partial charge < -0.3 is 25.0 Å². The molecular weight excluding hydrogens is 518 g/mol. The summed E-state index contributed by atoms with van der Waals surface area (Å²) < 4.78 is 6.00. The van der Waals surface area contributed by atoms with Gasteiger partial charge in [-0.25, -0.2) is 4.79 Å². The summed E-state index contributed by atoms with van der Waals surface area (Å²) in [5.41, 5.74) is 0.671.